The average Bonchev–Trinajstić information content (AvgIpc) is 2.66. The lowest BCUT2D eigenvalue weighted by atomic mass is 9.71. The fraction of sp³-hybridized carbons (Fsp3) is 0.650. The molecule has 0 saturated carbocycles. The summed E-state index contributed by atoms with van der Waals surface area (Å²) in [6.45, 7) is 4.75. The van der Waals surface area contributed by atoms with Crippen LogP contribution in [0.5, 0.6) is 0 Å². The first-order valence-electron chi connectivity index (χ1n) is 9.36. The number of carbonyl (C=O) groups excluding carboxylic acids is 1. The topological polar surface area (TPSA) is 70.6 Å². The number of aliphatic hydroxyl groups excluding tert-OH is 1. The van der Waals surface area contributed by atoms with E-state index in [1.807, 2.05) is 0 Å². The third-order valence-electron chi connectivity index (χ3n) is 5.99. The summed E-state index contributed by atoms with van der Waals surface area (Å²) in [5, 5.41) is 15.7. The second-order valence-corrected chi connectivity index (χ2v) is 7.88. The summed E-state index contributed by atoms with van der Waals surface area (Å²) in [6, 6.07) is 8.41. The first kappa shape index (κ1) is 18.2. The van der Waals surface area contributed by atoms with Gasteiger partial charge in [-0.3, -0.25) is 0 Å². The Hall–Kier alpha value is -1.59. The number of hydrogen-bond acceptors (Lipinski definition) is 3. The van der Waals surface area contributed by atoms with Crippen molar-refractivity contribution in [3.05, 3.63) is 35.4 Å². The zero-order valence-electron chi connectivity index (χ0n) is 15.1. The van der Waals surface area contributed by atoms with Crippen LogP contribution in [0.1, 0.15) is 43.7 Å². The van der Waals surface area contributed by atoms with Crippen molar-refractivity contribution in [2.75, 3.05) is 32.9 Å². The maximum atomic E-state index is 12.3. The minimum absolute atomic E-state index is 0.0144. The number of amides is 2. The summed E-state index contributed by atoms with van der Waals surface area (Å²) in [5.41, 5.74) is 2.51. The van der Waals surface area contributed by atoms with Crippen LogP contribution in [-0.2, 0) is 16.6 Å². The molecule has 1 aromatic carbocycles. The Bertz CT molecular complexity index is 598. The van der Waals surface area contributed by atoms with E-state index < -0.39 is 0 Å². The molecule has 1 unspecified atom stereocenters. The summed E-state index contributed by atoms with van der Waals surface area (Å²) in [7, 11) is 0. The summed E-state index contributed by atoms with van der Waals surface area (Å²) < 4.78 is 5.37. The van der Waals surface area contributed by atoms with Crippen LogP contribution in [0.15, 0.2) is 24.3 Å². The summed E-state index contributed by atoms with van der Waals surface area (Å²) in [4.78, 5) is 12.3. The zero-order valence-corrected chi connectivity index (χ0v) is 15.1. The molecule has 25 heavy (non-hydrogen) atoms. The molecular formula is C20H30N2O3. The van der Waals surface area contributed by atoms with Crippen LogP contribution in [0.25, 0.3) is 0 Å². The maximum absolute atomic E-state index is 12.3. The largest absolute Gasteiger partial charge is 0.396 e. The van der Waals surface area contributed by atoms with Gasteiger partial charge in [0.1, 0.15) is 0 Å². The highest BCUT2D eigenvalue weighted by molar-refractivity contribution is 5.74. The number of rotatable bonds is 5. The lowest BCUT2D eigenvalue weighted by Gasteiger charge is -2.37. The smallest absolute Gasteiger partial charge is 0.314 e. The average molecular weight is 346 g/mol. The second kappa shape index (κ2) is 7.75. The van der Waals surface area contributed by atoms with Crippen LogP contribution in [0.3, 0.4) is 0 Å². The molecule has 0 spiro atoms. The molecule has 1 aromatic rings. The van der Waals surface area contributed by atoms with Gasteiger partial charge >= 0.3 is 6.03 Å². The van der Waals surface area contributed by atoms with Crippen molar-refractivity contribution in [2.24, 2.45) is 5.41 Å². The van der Waals surface area contributed by atoms with Crippen LogP contribution >= 0.6 is 0 Å². The van der Waals surface area contributed by atoms with Gasteiger partial charge < -0.3 is 20.5 Å². The number of fused-ring (bicyclic) bond motifs is 1. The molecule has 3 N–H and O–H groups in total. The molecule has 1 saturated heterocycles. The number of hydrogen-bond donors (Lipinski definition) is 3. The highest BCUT2D eigenvalue weighted by atomic mass is 16.5. The maximum Gasteiger partial charge on any atom is 0.314 e. The molecule has 2 amide bonds. The number of carbonyl (C=O) groups is 1. The Morgan fingerprint density at radius 3 is 2.64 bits per heavy atom. The van der Waals surface area contributed by atoms with E-state index in [1.165, 1.54) is 11.1 Å². The number of urea groups is 1. The summed E-state index contributed by atoms with van der Waals surface area (Å²) in [6.07, 6.45) is 4.94. The second-order valence-electron chi connectivity index (χ2n) is 7.88. The van der Waals surface area contributed by atoms with Crippen LogP contribution < -0.4 is 10.6 Å². The van der Waals surface area contributed by atoms with E-state index in [4.69, 9.17) is 4.74 Å². The minimum Gasteiger partial charge on any atom is -0.396 e. The fourth-order valence-electron chi connectivity index (χ4n) is 4.12. The molecule has 1 aliphatic carbocycles. The fourth-order valence-corrected chi connectivity index (χ4v) is 4.12. The van der Waals surface area contributed by atoms with Gasteiger partial charge in [-0.05, 0) is 43.2 Å². The van der Waals surface area contributed by atoms with Crippen molar-refractivity contribution < 1.29 is 14.6 Å². The molecule has 0 radical (unpaired) electrons. The van der Waals surface area contributed by atoms with E-state index in [1.54, 1.807) is 0 Å². The molecule has 5 nitrogen and oxygen atoms in total. The van der Waals surface area contributed by atoms with Gasteiger partial charge in [0.25, 0.3) is 0 Å². The molecule has 3 rings (SSSR count). The number of nitrogens with one attached hydrogen (secondary N) is 2. The van der Waals surface area contributed by atoms with Crippen LogP contribution in [0, 0.1) is 5.41 Å². The summed E-state index contributed by atoms with van der Waals surface area (Å²) >= 11 is 0. The Balaban J connectivity index is 1.54. The van der Waals surface area contributed by atoms with E-state index in [-0.39, 0.29) is 23.5 Å². The van der Waals surface area contributed by atoms with Gasteiger partial charge in [-0.15, -0.1) is 0 Å². The van der Waals surface area contributed by atoms with E-state index in [0.717, 1.165) is 32.1 Å². The third-order valence-corrected chi connectivity index (χ3v) is 5.99. The van der Waals surface area contributed by atoms with Gasteiger partial charge in [-0.25, -0.2) is 4.79 Å². The zero-order chi connectivity index (χ0) is 17.8. The Morgan fingerprint density at radius 2 is 1.88 bits per heavy atom. The van der Waals surface area contributed by atoms with Gasteiger partial charge in [0.2, 0.25) is 0 Å². The van der Waals surface area contributed by atoms with E-state index in [9.17, 15) is 9.90 Å². The van der Waals surface area contributed by atoms with Crippen molar-refractivity contribution >= 4 is 6.03 Å². The van der Waals surface area contributed by atoms with Crippen molar-refractivity contribution in [1.82, 2.24) is 10.6 Å². The van der Waals surface area contributed by atoms with Gasteiger partial charge in [0.15, 0.2) is 0 Å². The van der Waals surface area contributed by atoms with E-state index >= 15 is 0 Å². The van der Waals surface area contributed by atoms with Gasteiger partial charge in [0, 0.05) is 37.1 Å². The Kier molecular flexibility index (Phi) is 5.64. The van der Waals surface area contributed by atoms with Crippen LogP contribution in [0.4, 0.5) is 4.79 Å². The van der Waals surface area contributed by atoms with Gasteiger partial charge in [0.05, 0.1) is 6.61 Å². The SMILES string of the molecule is CC1(CNC(=O)NCC2(CO)CCOCC2)CCCc2ccccc21. The first-order chi connectivity index (χ1) is 12.1. The summed E-state index contributed by atoms with van der Waals surface area (Å²) in [5.74, 6) is 0. The van der Waals surface area contributed by atoms with Crippen LogP contribution in [0.2, 0.25) is 0 Å². The van der Waals surface area contributed by atoms with E-state index in [2.05, 4.69) is 41.8 Å². The number of benzene rings is 1. The molecule has 0 bridgehead atoms. The van der Waals surface area contributed by atoms with Crippen LogP contribution in [-0.4, -0.2) is 44.0 Å². The Morgan fingerprint density at radius 1 is 1.16 bits per heavy atom. The third kappa shape index (κ3) is 4.15. The molecule has 5 heteroatoms. The number of ether oxygens (including phenoxy) is 1. The number of aryl methyl sites for hydroxylation is 1. The lowest BCUT2D eigenvalue weighted by molar-refractivity contribution is -0.0138. The normalized spacial score (nSPS) is 25.0. The predicted molar refractivity (Wildman–Crippen MR) is 97.7 cm³/mol. The van der Waals surface area contributed by atoms with Crippen molar-refractivity contribution in [3.63, 3.8) is 0 Å². The molecule has 0 aromatic heterocycles. The van der Waals surface area contributed by atoms with E-state index in [0.29, 0.717) is 26.3 Å². The van der Waals surface area contributed by atoms with Crippen molar-refractivity contribution in [1.29, 1.82) is 0 Å². The van der Waals surface area contributed by atoms with Crippen molar-refractivity contribution in [3.8, 4) is 0 Å². The minimum atomic E-state index is -0.239. The molecule has 138 valence electrons. The highest BCUT2D eigenvalue weighted by Crippen LogP contribution is 2.36. The first-order valence-corrected chi connectivity index (χ1v) is 9.36. The molecule has 1 atom stereocenters. The molecule has 1 aliphatic heterocycles. The lowest BCUT2D eigenvalue weighted by Crippen LogP contribution is -2.49. The predicted octanol–water partition coefficient (Wildman–Crippen LogP) is 2.37. The molecule has 1 heterocycles. The molecule has 2 aliphatic rings. The van der Waals surface area contributed by atoms with Crippen molar-refractivity contribution in [2.45, 2.75) is 44.4 Å². The Labute approximate surface area is 150 Å². The van der Waals surface area contributed by atoms with Gasteiger partial charge in [-0.2, -0.15) is 0 Å². The quantitative estimate of drug-likeness (QED) is 0.766. The highest BCUT2D eigenvalue weighted by Gasteiger charge is 2.34. The van der Waals surface area contributed by atoms with Gasteiger partial charge in [-0.1, -0.05) is 31.2 Å². The number of aliphatic hydroxyl groups is 1. The molecular weight excluding hydrogens is 316 g/mol. The standard InChI is InChI=1S/C20H30N2O3/c1-19(8-4-6-16-5-2-3-7-17(16)19)13-21-18(24)22-14-20(15-23)9-11-25-12-10-20/h2-3,5,7,23H,4,6,8-15H2,1H3,(H2,21,22,24). The molecule has 1 fully saturated rings. The monoisotopic (exact) mass is 346 g/mol.